The summed E-state index contributed by atoms with van der Waals surface area (Å²) in [6.45, 7) is 0.469. The van der Waals surface area contributed by atoms with Gasteiger partial charge in [0.2, 0.25) is 0 Å². The average Bonchev–Trinajstić information content (AvgIpc) is 2.36. The fourth-order valence-corrected chi connectivity index (χ4v) is 1.69. The van der Waals surface area contributed by atoms with Gasteiger partial charge in [-0.1, -0.05) is 11.6 Å². The molecule has 1 aromatic rings. The number of rotatable bonds is 3. The van der Waals surface area contributed by atoms with Crippen LogP contribution in [0.15, 0.2) is 6.20 Å². The molecule has 62 valence electrons. The summed E-state index contributed by atoms with van der Waals surface area (Å²) in [7, 11) is 0. The van der Waals surface area contributed by atoms with E-state index in [-0.39, 0.29) is 0 Å². The zero-order valence-electron chi connectivity index (χ0n) is 5.83. The molecule has 5 heteroatoms. The summed E-state index contributed by atoms with van der Waals surface area (Å²) in [6, 6.07) is 0. The van der Waals surface area contributed by atoms with Crippen molar-refractivity contribution in [3.05, 3.63) is 15.5 Å². The van der Waals surface area contributed by atoms with E-state index in [0.717, 1.165) is 4.88 Å². The SMILES string of the molecule is NCC[C@H](O)c1cnc(Cl)s1. The van der Waals surface area contributed by atoms with Gasteiger partial charge in [-0.25, -0.2) is 4.98 Å². The highest BCUT2D eigenvalue weighted by Gasteiger charge is 2.09. The van der Waals surface area contributed by atoms with E-state index in [0.29, 0.717) is 17.4 Å². The lowest BCUT2D eigenvalue weighted by Crippen LogP contribution is -2.05. The Morgan fingerprint density at radius 1 is 1.82 bits per heavy atom. The Labute approximate surface area is 73.8 Å². The van der Waals surface area contributed by atoms with Crippen LogP contribution in [0, 0.1) is 0 Å². The number of thiazole rings is 1. The van der Waals surface area contributed by atoms with Crippen LogP contribution in [-0.4, -0.2) is 16.6 Å². The quantitative estimate of drug-likeness (QED) is 0.756. The highest BCUT2D eigenvalue weighted by molar-refractivity contribution is 7.15. The molecule has 0 bridgehead atoms. The van der Waals surface area contributed by atoms with E-state index in [4.69, 9.17) is 17.3 Å². The molecule has 0 aliphatic rings. The van der Waals surface area contributed by atoms with Crippen LogP contribution in [0.2, 0.25) is 4.47 Å². The molecule has 1 rings (SSSR count). The van der Waals surface area contributed by atoms with Gasteiger partial charge in [0.1, 0.15) is 0 Å². The Kier molecular flexibility index (Phi) is 3.26. The van der Waals surface area contributed by atoms with Crippen LogP contribution in [0.1, 0.15) is 17.4 Å². The largest absolute Gasteiger partial charge is 0.387 e. The van der Waals surface area contributed by atoms with Crippen molar-refractivity contribution in [3.63, 3.8) is 0 Å². The van der Waals surface area contributed by atoms with Crippen molar-refractivity contribution in [2.24, 2.45) is 5.73 Å². The van der Waals surface area contributed by atoms with E-state index in [1.54, 1.807) is 6.20 Å². The number of halogens is 1. The monoisotopic (exact) mass is 192 g/mol. The first-order valence-electron chi connectivity index (χ1n) is 3.23. The molecule has 3 N–H and O–H groups in total. The summed E-state index contributed by atoms with van der Waals surface area (Å²) in [5, 5.41) is 9.37. The molecule has 0 aliphatic carbocycles. The van der Waals surface area contributed by atoms with Crippen molar-refractivity contribution in [3.8, 4) is 0 Å². The number of nitrogens with zero attached hydrogens (tertiary/aromatic N) is 1. The number of hydrogen-bond donors (Lipinski definition) is 2. The summed E-state index contributed by atoms with van der Waals surface area (Å²) in [4.78, 5) is 4.58. The minimum absolute atomic E-state index is 0.455. The molecule has 11 heavy (non-hydrogen) atoms. The number of nitrogens with two attached hydrogens (primary N) is 1. The summed E-state index contributed by atoms with van der Waals surface area (Å²) in [5.74, 6) is 0. The molecule has 0 saturated carbocycles. The Hall–Kier alpha value is -0.160. The predicted octanol–water partition coefficient (Wildman–Crippen LogP) is 1.18. The average molecular weight is 193 g/mol. The zero-order valence-corrected chi connectivity index (χ0v) is 7.40. The highest BCUT2D eigenvalue weighted by atomic mass is 35.5. The number of hydrogen-bond acceptors (Lipinski definition) is 4. The molecule has 0 fully saturated rings. The van der Waals surface area contributed by atoms with Gasteiger partial charge in [0.05, 0.1) is 11.0 Å². The van der Waals surface area contributed by atoms with Crippen molar-refractivity contribution in [2.45, 2.75) is 12.5 Å². The van der Waals surface area contributed by atoms with Crippen LogP contribution in [0.25, 0.3) is 0 Å². The van der Waals surface area contributed by atoms with Crippen molar-refractivity contribution in [2.75, 3.05) is 6.54 Å². The van der Waals surface area contributed by atoms with Crippen molar-refractivity contribution >= 4 is 22.9 Å². The lowest BCUT2D eigenvalue weighted by molar-refractivity contribution is 0.174. The van der Waals surface area contributed by atoms with Crippen LogP contribution < -0.4 is 5.73 Å². The standard InChI is InChI=1S/C6H9ClN2OS/c7-6-9-3-5(11-6)4(10)1-2-8/h3-4,10H,1-2,8H2/t4-/m0/s1. The summed E-state index contributed by atoms with van der Waals surface area (Å²) in [5.41, 5.74) is 5.26. The molecule has 3 nitrogen and oxygen atoms in total. The van der Waals surface area contributed by atoms with Gasteiger partial charge < -0.3 is 10.8 Å². The summed E-state index contributed by atoms with van der Waals surface area (Å²) < 4.78 is 0.455. The second-order valence-electron chi connectivity index (χ2n) is 2.11. The normalized spacial score (nSPS) is 13.4. The van der Waals surface area contributed by atoms with Crippen LogP contribution in [0.5, 0.6) is 0 Å². The molecule has 0 spiro atoms. The van der Waals surface area contributed by atoms with Gasteiger partial charge >= 0.3 is 0 Å². The second kappa shape index (κ2) is 4.01. The Morgan fingerprint density at radius 2 is 2.55 bits per heavy atom. The fraction of sp³-hybridized carbons (Fsp3) is 0.500. The van der Waals surface area contributed by atoms with Crippen molar-refractivity contribution in [1.29, 1.82) is 0 Å². The smallest absolute Gasteiger partial charge is 0.183 e. The maximum absolute atomic E-state index is 9.37. The van der Waals surface area contributed by atoms with Crippen molar-refractivity contribution < 1.29 is 5.11 Å². The topological polar surface area (TPSA) is 59.1 Å². The van der Waals surface area contributed by atoms with E-state index < -0.39 is 6.10 Å². The van der Waals surface area contributed by atoms with Crippen LogP contribution in [0.3, 0.4) is 0 Å². The molecule has 0 radical (unpaired) electrons. The Balaban J connectivity index is 2.60. The molecule has 0 aromatic carbocycles. The van der Waals surface area contributed by atoms with Crippen LogP contribution in [0.4, 0.5) is 0 Å². The molecule has 0 amide bonds. The fourth-order valence-electron chi connectivity index (χ4n) is 0.719. The third-order valence-corrected chi connectivity index (χ3v) is 2.48. The maximum atomic E-state index is 9.37. The van der Waals surface area contributed by atoms with E-state index in [2.05, 4.69) is 4.98 Å². The highest BCUT2D eigenvalue weighted by Crippen LogP contribution is 2.25. The Morgan fingerprint density at radius 3 is 3.00 bits per heavy atom. The van der Waals surface area contributed by atoms with Gasteiger partial charge in [-0.05, 0) is 13.0 Å². The van der Waals surface area contributed by atoms with E-state index in [9.17, 15) is 5.11 Å². The minimum atomic E-state index is -0.509. The first-order chi connectivity index (χ1) is 5.24. The van der Waals surface area contributed by atoms with Gasteiger partial charge in [0.15, 0.2) is 4.47 Å². The van der Waals surface area contributed by atoms with E-state index >= 15 is 0 Å². The minimum Gasteiger partial charge on any atom is -0.387 e. The lowest BCUT2D eigenvalue weighted by atomic mass is 10.2. The van der Waals surface area contributed by atoms with Crippen LogP contribution in [-0.2, 0) is 0 Å². The van der Waals surface area contributed by atoms with Gasteiger partial charge in [-0.15, -0.1) is 11.3 Å². The number of aromatic nitrogens is 1. The number of aliphatic hydroxyl groups is 1. The molecular weight excluding hydrogens is 184 g/mol. The molecule has 1 heterocycles. The molecule has 1 aromatic heterocycles. The lowest BCUT2D eigenvalue weighted by Gasteiger charge is -2.03. The van der Waals surface area contributed by atoms with Gasteiger partial charge in [-0.3, -0.25) is 0 Å². The molecular formula is C6H9ClN2OS. The molecule has 0 unspecified atom stereocenters. The van der Waals surface area contributed by atoms with Crippen molar-refractivity contribution in [1.82, 2.24) is 4.98 Å². The first kappa shape index (κ1) is 8.93. The van der Waals surface area contributed by atoms with E-state index in [1.807, 2.05) is 0 Å². The van der Waals surface area contributed by atoms with Gasteiger partial charge in [-0.2, -0.15) is 0 Å². The van der Waals surface area contributed by atoms with Gasteiger partial charge in [0.25, 0.3) is 0 Å². The zero-order chi connectivity index (χ0) is 8.27. The molecule has 0 aliphatic heterocycles. The third-order valence-electron chi connectivity index (χ3n) is 1.26. The molecule has 0 saturated heterocycles. The van der Waals surface area contributed by atoms with Crippen LogP contribution >= 0.6 is 22.9 Å². The number of aliphatic hydroxyl groups excluding tert-OH is 1. The Bertz CT molecular complexity index is 228. The third kappa shape index (κ3) is 2.41. The second-order valence-corrected chi connectivity index (χ2v) is 3.75. The predicted molar refractivity (Wildman–Crippen MR) is 45.8 cm³/mol. The summed E-state index contributed by atoms with van der Waals surface area (Å²) in [6.07, 6.45) is 1.62. The van der Waals surface area contributed by atoms with Gasteiger partial charge in [0, 0.05) is 6.20 Å². The van der Waals surface area contributed by atoms with E-state index in [1.165, 1.54) is 11.3 Å². The summed E-state index contributed by atoms with van der Waals surface area (Å²) >= 11 is 6.85. The first-order valence-corrected chi connectivity index (χ1v) is 4.43. The maximum Gasteiger partial charge on any atom is 0.183 e. The molecule has 1 atom stereocenters.